The van der Waals surface area contributed by atoms with Crippen LogP contribution in [0.4, 0.5) is 15.9 Å². The molecule has 0 amide bonds. The minimum absolute atomic E-state index is 0.167. The first-order chi connectivity index (χ1) is 16.7. The highest BCUT2D eigenvalue weighted by molar-refractivity contribution is 5.94. The number of aromatic carboxylic acids is 1. The number of nitrogens with one attached hydrogen (secondary N) is 1. The summed E-state index contributed by atoms with van der Waals surface area (Å²) in [7, 11) is 0. The van der Waals surface area contributed by atoms with E-state index in [1.807, 2.05) is 24.8 Å². The van der Waals surface area contributed by atoms with Gasteiger partial charge in [0.2, 0.25) is 0 Å². The van der Waals surface area contributed by atoms with Gasteiger partial charge in [0.15, 0.2) is 0 Å². The monoisotopic (exact) mass is 472 g/mol. The fraction of sp³-hybridized carbons (Fsp3) is 0.222. The van der Waals surface area contributed by atoms with Crippen LogP contribution in [0.5, 0.6) is 0 Å². The maximum absolute atomic E-state index is 13.7. The van der Waals surface area contributed by atoms with Gasteiger partial charge < -0.3 is 15.3 Å². The maximum atomic E-state index is 13.7. The van der Waals surface area contributed by atoms with E-state index >= 15 is 0 Å². The highest BCUT2D eigenvalue weighted by Crippen LogP contribution is 2.31. The van der Waals surface area contributed by atoms with Crippen molar-refractivity contribution in [1.29, 1.82) is 0 Å². The third-order valence-electron chi connectivity index (χ3n) is 6.48. The zero-order valence-corrected chi connectivity index (χ0v) is 19.7. The fourth-order valence-corrected chi connectivity index (χ4v) is 4.73. The van der Waals surface area contributed by atoms with Gasteiger partial charge in [-0.3, -0.25) is 9.20 Å². The molecule has 8 heteroatoms. The number of aromatic nitrogens is 2. The van der Waals surface area contributed by atoms with Crippen LogP contribution in [-0.2, 0) is 13.1 Å². The van der Waals surface area contributed by atoms with Gasteiger partial charge in [0.25, 0.3) is 5.56 Å². The first-order valence-corrected chi connectivity index (χ1v) is 11.4. The predicted molar refractivity (Wildman–Crippen MR) is 133 cm³/mol. The molecule has 0 aliphatic carbocycles. The lowest BCUT2D eigenvalue weighted by Gasteiger charge is -2.23. The van der Waals surface area contributed by atoms with E-state index in [0.29, 0.717) is 35.8 Å². The van der Waals surface area contributed by atoms with Crippen molar-refractivity contribution in [3.8, 4) is 0 Å². The normalized spacial score (nSPS) is 13.7. The quantitative estimate of drug-likeness (QED) is 0.432. The Kier molecular flexibility index (Phi) is 5.51. The Morgan fingerprint density at radius 2 is 1.86 bits per heavy atom. The molecule has 2 aromatic heterocycles. The molecular weight excluding hydrogens is 447 g/mol. The first kappa shape index (κ1) is 22.6. The molecule has 0 saturated heterocycles. The summed E-state index contributed by atoms with van der Waals surface area (Å²) in [5, 5.41) is 12.8. The van der Waals surface area contributed by atoms with E-state index in [0.717, 1.165) is 22.3 Å². The van der Waals surface area contributed by atoms with Gasteiger partial charge in [0.05, 0.1) is 17.2 Å². The highest BCUT2D eigenvalue weighted by Gasteiger charge is 2.25. The van der Waals surface area contributed by atoms with Gasteiger partial charge in [-0.05, 0) is 67.8 Å². The lowest BCUT2D eigenvalue weighted by atomic mass is 10.1. The standard InChI is InChI=1S/C27H25FN4O3/c1-15-10-22(17(3)29-23-7-5-4-6-21(23)27(34)35)25-30-24(16(2)26(33)32(25)12-15)31-13-18-8-9-20(28)11-19(18)14-31/h4-12,17,29H,13-14H2,1-3H3,(H,34,35)/t17-/m1/s1. The van der Waals surface area contributed by atoms with Crippen molar-refractivity contribution in [2.75, 3.05) is 10.2 Å². The Morgan fingerprint density at radius 3 is 2.63 bits per heavy atom. The van der Waals surface area contributed by atoms with E-state index in [4.69, 9.17) is 4.98 Å². The molecule has 1 aliphatic rings. The van der Waals surface area contributed by atoms with Gasteiger partial charge in [-0.1, -0.05) is 18.2 Å². The summed E-state index contributed by atoms with van der Waals surface area (Å²) in [4.78, 5) is 32.0. The largest absolute Gasteiger partial charge is 0.478 e. The van der Waals surface area contributed by atoms with E-state index < -0.39 is 5.97 Å². The molecule has 3 heterocycles. The van der Waals surface area contributed by atoms with Crippen LogP contribution in [0, 0.1) is 19.7 Å². The van der Waals surface area contributed by atoms with Crippen LogP contribution in [0.3, 0.4) is 0 Å². The second-order valence-electron chi connectivity index (χ2n) is 9.02. The van der Waals surface area contributed by atoms with Crippen molar-refractivity contribution in [1.82, 2.24) is 9.38 Å². The number of carboxylic acid groups (broad SMARTS) is 1. The Bertz CT molecular complexity index is 1550. The number of hydrogen-bond acceptors (Lipinski definition) is 5. The smallest absolute Gasteiger partial charge is 0.337 e. The number of carboxylic acids is 1. The molecule has 0 unspecified atom stereocenters. The van der Waals surface area contributed by atoms with Gasteiger partial charge in [-0.2, -0.15) is 0 Å². The molecule has 0 spiro atoms. The predicted octanol–water partition coefficient (Wildman–Crippen LogP) is 4.84. The Hall–Kier alpha value is -4.20. The van der Waals surface area contributed by atoms with Gasteiger partial charge in [0.1, 0.15) is 17.3 Å². The summed E-state index contributed by atoms with van der Waals surface area (Å²) < 4.78 is 15.3. The molecule has 7 nitrogen and oxygen atoms in total. The zero-order valence-electron chi connectivity index (χ0n) is 19.7. The fourth-order valence-electron chi connectivity index (χ4n) is 4.73. The third-order valence-corrected chi connectivity index (χ3v) is 6.48. The molecule has 0 fully saturated rings. The minimum atomic E-state index is -1.02. The number of para-hydroxylation sites is 1. The number of fused-ring (bicyclic) bond motifs is 2. The van der Waals surface area contributed by atoms with Gasteiger partial charge in [-0.25, -0.2) is 14.2 Å². The summed E-state index contributed by atoms with van der Waals surface area (Å²) in [6.45, 7) is 6.58. The average Bonchev–Trinajstić information content (AvgIpc) is 3.24. The second kappa shape index (κ2) is 8.54. The number of hydrogen-bond donors (Lipinski definition) is 2. The molecular formula is C27H25FN4O3. The molecule has 0 bridgehead atoms. The number of rotatable bonds is 5. The minimum Gasteiger partial charge on any atom is -0.478 e. The molecule has 2 aromatic carbocycles. The van der Waals surface area contributed by atoms with Crippen LogP contribution in [0.1, 0.15) is 51.1 Å². The molecule has 0 radical (unpaired) electrons. The number of halogens is 1. The van der Waals surface area contributed by atoms with E-state index in [1.54, 1.807) is 47.9 Å². The molecule has 35 heavy (non-hydrogen) atoms. The Morgan fingerprint density at radius 1 is 1.11 bits per heavy atom. The molecule has 178 valence electrons. The number of aryl methyl sites for hydroxylation is 1. The summed E-state index contributed by atoms with van der Waals surface area (Å²) in [5.41, 5.74) is 5.04. The topological polar surface area (TPSA) is 86.9 Å². The van der Waals surface area contributed by atoms with Crippen molar-refractivity contribution in [2.45, 2.75) is 39.9 Å². The average molecular weight is 473 g/mol. The van der Waals surface area contributed by atoms with Crippen molar-refractivity contribution in [2.24, 2.45) is 0 Å². The number of anilines is 2. The van der Waals surface area contributed by atoms with Gasteiger partial charge in [-0.15, -0.1) is 0 Å². The molecule has 5 rings (SSSR count). The highest BCUT2D eigenvalue weighted by atomic mass is 19.1. The van der Waals surface area contributed by atoms with E-state index in [1.165, 1.54) is 12.1 Å². The number of carbonyl (C=O) groups is 1. The Balaban J connectivity index is 1.60. The van der Waals surface area contributed by atoms with Crippen LogP contribution in [0.15, 0.2) is 59.5 Å². The maximum Gasteiger partial charge on any atom is 0.337 e. The van der Waals surface area contributed by atoms with Crippen LogP contribution in [0.2, 0.25) is 0 Å². The van der Waals surface area contributed by atoms with Crippen LogP contribution >= 0.6 is 0 Å². The zero-order chi connectivity index (χ0) is 24.9. The van der Waals surface area contributed by atoms with Crippen molar-refractivity contribution < 1.29 is 14.3 Å². The molecule has 2 N–H and O–H groups in total. The number of benzene rings is 2. The summed E-state index contributed by atoms with van der Waals surface area (Å²) >= 11 is 0. The summed E-state index contributed by atoms with van der Waals surface area (Å²) in [6.07, 6.45) is 1.76. The van der Waals surface area contributed by atoms with E-state index in [2.05, 4.69) is 5.32 Å². The SMILES string of the molecule is Cc1cc([C@@H](C)Nc2ccccc2C(=O)O)c2nc(N3Cc4ccc(F)cc4C3)c(C)c(=O)n2c1. The molecule has 1 aliphatic heterocycles. The second-order valence-corrected chi connectivity index (χ2v) is 9.02. The number of pyridine rings is 1. The molecule has 0 saturated carbocycles. The van der Waals surface area contributed by atoms with Crippen molar-refractivity contribution >= 4 is 23.1 Å². The van der Waals surface area contributed by atoms with E-state index in [-0.39, 0.29) is 23.0 Å². The molecule has 4 aromatic rings. The van der Waals surface area contributed by atoms with Crippen molar-refractivity contribution in [3.05, 3.63) is 104 Å². The first-order valence-electron chi connectivity index (χ1n) is 11.4. The number of nitrogens with zero attached hydrogens (tertiary/aromatic N) is 3. The van der Waals surface area contributed by atoms with Gasteiger partial charge in [0, 0.05) is 30.5 Å². The summed E-state index contributed by atoms with van der Waals surface area (Å²) in [5.74, 6) is -0.741. The lowest BCUT2D eigenvalue weighted by Crippen LogP contribution is -2.27. The molecule has 1 atom stereocenters. The van der Waals surface area contributed by atoms with Gasteiger partial charge >= 0.3 is 5.97 Å². The van der Waals surface area contributed by atoms with Crippen LogP contribution in [0.25, 0.3) is 5.65 Å². The third kappa shape index (κ3) is 4.01. The summed E-state index contributed by atoms with van der Waals surface area (Å²) in [6, 6.07) is 13.1. The Labute approximate surface area is 201 Å². The van der Waals surface area contributed by atoms with E-state index in [9.17, 15) is 19.1 Å². The van der Waals surface area contributed by atoms with Crippen LogP contribution < -0.4 is 15.8 Å². The van der Waals surface area contributed by atoms with Crippen LogP contribution in [-0.4, -0.2) is 20.5 Å². The van der Waals surface area contributed by atoms with Crippen molar-refractivity contribution in [3.63, 3.8) is 0 Å². The lowest BCUT2D eigenvalue weighted by molar-refractivity contribution is 0.0698.